The first-order valence-electron chi connectivity index (χ1n) is 5.46. The predicted octanol–water partition coefficient (Wildman–Crippen LogP) is 3.13. The predicted molar refractivity (Wildman–Crippen MR) is 64.3 cm³/mol. The molecule has 0 saturated heterocycles. The van der Waals surface area contributed by atoms with Crippen molar-refractivity contribution >= 4 is 10.9 Å². The maximum absolute atomic E-state index is 4.15. The fraction of sp³-hybridized carbons (Fsp3) is 0.0714. The number of H-pyrrole nitrogens is 1. The molecule has 1 N–H and O–H groups in total. The number of aromatic nitrogens is 2. The molecule has 76 valence electrons. The Labute approximate surface area is 93.0 Å². The van der Waals surface area contributed by atoms with Crippen LogP contribution in [0.2, 0.25) is 0 Å². The summed E-state index contributed by atoms with van der Waals surface area (Å²) in [5, 5.41) is 1.29. The van der Waals surface area contributed by atoms with Gasteiger partial charge in [-0.05, 0) is 17.2 Å². The number of rotatable bonds is 0. The number of hydrogen-bond donors (Lipinski definition) is 1. The second kappa shape index (κ2) is 2.73. The Morgan fingerprint density at radius 3 is 3.06 bits per heavy atom. The molecule has 1 aromatic carbocycles. The average Bonchev–Trinajstić information content (AvgIpc) is 2.83. The summed E-state index contributed by atoms with van der Waals surface area (Å²) in [5.41, 5.74) is 6.62. The third-order valence-electron chi connectivity index (χ3n) is 3.33. The van der Waals surface area contributed by atoms with Crippen LogP contribution in [0.25, 0.3) is 22.0 Å². The van der Waals surface area contributed by atoms with Crippen LogP contribution in [0, 0.1) is 0 Å². The molecular formula is C14H10N2. The van der Waals surface area contributed by atoms with Crippen molar-refractivity contribution in [2.24, 2.45) is 0 Å². The van der Waals surface area contributed by atoms with Gasteiger partial charge < -0.3 is 4.98 Å². The molecule has 0 unspecified atom stereocenters. The van der Waals surface area contributed by atoms with Crippen LogP contribution in [0.5, 0.6) is 0 Å². The lowest BCUT2D eigenvalue weighted by Gasteiger charge is -1.99. The van der Waals surface area contributed by atoms with Crippen molar-refractivity contribution in [3.8, 4) is 11.1 Å². The quantitative estimate of drug-likeness (QED) is 0.470. The molecule has 4 rings (SSSR count). The van der Waals surface area contributed by atoms with Gasteiger partial charge in [-0.3, -0.25) is 4.98 Å². The van der Waals surface area contributed by atoms with Gasteiger partial charge in [-0.2, -0.15) is 0 Å². The van der Waals surface area contributed by atoms with E-state index in [1.54, 1.807) is 0 Å². The molecular weight excluding hydrogens is 196 g/mol. The maximum Gasteiger partial charge on any atom is 0.0649 e. The van der Waals surface area contributed by atoms with E-state index in [9.17, 15) is 0 Å². The lowest BCUT2D eigenvalue weighted by atomic mass is 10.1. The lowest BCUT2D eigenvalue weighted by molar-refractivity contribution is 1.16. The molecule has 2 aromatic heterocycles. The van der Waals surface area contributed by atoms with E-state index in [-0.39, 0.29) is 0 Å². The van der Waals surface area contributed by atoms with Crippen molar-refractivity contribution in [1.82, 2.24) is 9.97 Å². The molecule has 2 heterocycles. The number of fused-ring (bicyclic) bond motifs is 5. The van der Waals surface area contributed by atoms with Crippen LogP contribution in [-0.4, -0.2) is 9.97 Å². The minimum absolute atomic E-state index is 1.01. The van der Waals surface area contributed by atoms with E-state index in [0.717, 1.165) is 11.9 Å². The number of hydrogen-bond acceptors (Lipinski definition) is 1. The number of aromatic amines is 1. The highest BCUT2D eigenvalue weighted by molar-refractivity contribution is 5.99. The van der Waals surface area contributed by atoms with Gasteiger partial charge in [0.15, 0.2) is 0 Å². The minimum atomic E-state index is 1.01. The molecule has 0 radical (unpaired) electrons. The van der Waals surface area contributed by atoms with Gasteiger partial charge in [0.25, 0.3) is 0 Å². The molecule has 0 saturated carbocycles. The Bertz CT molecular complexity index is 695. The monoisotopic (exact) mass is 206 g/mol. The summed E-state index contributed by atoms with van der Waals surface area (Å²) >= 11 is 0. The standard InChI is InChI=1S/C14H10N2/c1-2-4-10-9(3-1)7-12-14(10)11-5-6-15-8-13(11)16-12/h1-6,8,16H,7H2. The number of nitrogens with one attached hydrogen (secondary N) is 1. The van der Waals surface area contributed by atoms with Gasteiger partial charge in [-0.1, -0.05) is 24.3 Å². The first-order valence-corrected chi connectivity index (χ1v) is 5.46. The molecule has 1 aliphatic rings. The maximum atomic E-state index is 4.15. The SMILES string of the molecule is c1ccc2c(c1)Cc1[nH]c3cnccc3c1-2. The summed E-state index contributed by atoms with van der Waals surface area (Å²) in [6.45, 7) is 0. The van der Waals surface area contributed by atoms with Crippen LogP contribution in [0.15, 0.2) is 42.7 Å². The average molecular weight is 206 g/mol. The molecule has 0 aliphatic heterocycles. The third-order valence-corrected chi connectivity index (χ3v) is 3.33. The van der Waals surface area contributed by atoms with Gasteiger partial charge in [-0.15, -0.1) is 0 Å². The fourth-order valence-electron chi connectivity index (χ4n) is 2.65. The van der Waals surface area contributed by atoms with Crippen molar-refractivity contribution < 1.29 is 0 Å². The van der Waals surface area contributed by atoms with Crippen LogP contribution >= 0.6 is 0 Å². The molecule has 0 bridgehead atoms. The van der Waals surface area contributed by atoms with Gasteiger partial charge >= 0.3 is 0 Å². The Balaban J connectivity index is 2.15. The zero-order valence-electron chi connectivity index (χ0n) is 8.70. The molecule has 0 atom stereocenters. The summed E-state index contributed by atoms with van der Waals surface area (Å²) in [5.74, 6) is 0. The molecule has 1 aliphatic carbocycles. The smallest absolute Gasteiger partial charge is 0.0649 e. The molecule has 16 heavy (non-hydrogen) atoms. The number of pyridine rings is 1. The highest BCUT2D eigenvalue weighted by Crippen LogP contribution is 2.40. The van der Waals surface area contributed by atoms with Gasteiger partial charge in [-0.25, -0.2) is 0 Å². The van der Waals surface area contributed by atoms with Gasteiger partial charge in [0.1, 0.15) is 0 Å². The second-order valence-corrected chi connectivity index (χ2v) is 4.23. The molecule has 0 amide bonds. The normalized spacial score (nSPS) is 12.8. The Morgan fingerprint density at radius 2 is 2.06 bits per heavy atom. The highest BCUT2D eigenvalue weighted by atomic mass is 14.8. The number of benzene rings is 1. The van der Waals surface area contributed by atoms with Crippen LogP contribution in [0.4, 0.5) is 0 Å². The lowest BCUT2D eigenvalue weighted by Crippen LogP contribution is -1.81. The summed E-state index contributed by atoms with van der Waals surface area (Å²) in [6, 6.07) is 10.7. The van der Waals surface area contributed by atoms with Crippen molar-refractivity contribution in [3.05, 3.63) is 54.0 Å². The summed E-state index contributed by atoms with van der Waals surface area (Å²) in [7, 11) is 0. The molecule has 2 heteroatoms. The van der Waals surface area contributed by atoms with Crippen LogP contribution < -0.4 is 0 Å². The summed E-state index contributed by atoms with van der Waals surface area (Å²) in [4.78, 5) is 7.61. The van der Waals surface area contributed by atoms with E-state index in [0.29, 0.717) is 0 Å². The third kappa shape index (κ3) is 0.890. The first-order chi connectivity index (χ1) is 7.93. The molecule has 0 fully saturated rings. The molecule has 3 aromatic rings. The minimum Gasteiger partial charge on any atom is -0.356 e. The van der Waals surface area contributed by atoms with Crippen molar-refractivity contribution in [2.75, 3.05) is 0 Å². The van der Waals surface area contributed by atoms with Crippen molar-refractivity contribution in [3.63, 3.8) is 0 Å². The Morgan fingerprint density at radius 1 is 1.12 bits per heavy atom. The Hall–Kier alpha value is -2.09. The van der Waals surface area contributed by atoms with E-state index in [1.165, 1.54) is 27.8 Å². The summed E-state index contributed by atoms with van der Waals surface area (Å²) < 4.78 is 0. The van der Waals surface area contributed by atoms with Gasteiger partial charge in [0, 0.05) is 29.3 Å². The fourth-order valence-corrected chi connectivity index (χ4v) is 2.65. The van der Waals surface area contributed by atoms with Gasteiger partial charge in [0.05, 0.1) is 11.7 Å². The largest absolute Gasteiger partial charge is 0.356 e. The highest BCUT2D eigenvalue weighted by Gasteiger charge is 2.22. The van der Waals surface area contributed by atoms with Crippen LogP contribution in [0.3, 0.4) is 0 Å². The zero-order valence-corrected chi connectivity index (χ0v) is 8.70. The zero-order chi connectivity index (χ0) is 10.5. The van der Waals surface area contributed by atoms with Gasteiger partial charge in [0.2, 0.25) is 0 Å². The first kappa shape index (κ1) is 8.11. The Kier molecular flexibility index (Phi) is 1.38. The van der Waals surface area contributed by atoms with E-state index in [1.807, 2.05) is 12.4 Å². The molecule has 2 nitrogen and oxygen atoms in total. The van der Waals surface area contributed by atoms with Crippen LogP contribution in [-0.2, 0) is 6.42 Å². The topological polar surface area (TPSA) is 28.7 Å². The van der Waals surface area contributed by atoms with Crippen LogP contribution in [0.1, 0.15) is 11.3 Å². The second-order valence-electron chi connectivity index (χ2n) is 4.23. The van der Waals surface area contributed by atoms with E-state index >= 15 is 0 Å². The number of nitrogens with zero attached hydrogens (tertiary/aromatic N) is 1. The molecule has 0 spiro atoms. The van der Waals surface area contributed by atoms with E-state index in [2.05, 4.69) is 40.3 Å². The van der Waals surface area contributed by atoms with Crippen molar-refractivity contribution in [2.45, 2.75) is 6.42 Å². The van der Waals surface area contributed by atoms with E-state index < -0.39 is 0 Å². The van der Waals surface area contributed by atoms with Crippen molar-refractivity contribution in [1.29, 1.82) is 0 Å². The summed E-state index contributed by atoms with van der Waals surface area (Å²) in [6.07, 6.45) is 4.77. The van der Waals surface area contributed by atoms with E-state index in [4.69, 9.17) is 0 Å².